The highest BCUT2D eigenvalue weighted by Crippen LogP contribution is 2.24. The third-order valence-corrected chi connectivity index (χ3v) is 5.79. The van der Waals surface area contributed by atoms with Gasteiger partial charge in [-0.1, -0.05) is 0 Å². The Kier molecular flexibility index (Phi) is 6.91. The molecule has 4 rings (SSSR count). The maximum Gasteiger partial charge on any atom is 0.102 e. The third kappa shape index (κ3) is 4.36. The number of hydrogen-bond acceptors (Lipinski definition) is 10. The number of fused-ring (bicyclic) bond motifs is 1. The summed E-state index contributed by atoms with van der Waals surface area (Å²) in [6, 6.07) is 26.6. The van der Waals surface area contributed by atoms with Gasteiger partial charge in [-0.25, -0.2) is 9.97 Å². The number of aromatic nitrogens is 2. The van der Waals surface area contributed by atoms with Gasteiger partial charge in [-0.15, -0.1) is 0 Å². The van der Waals surface area contributed by atoms with Crippen LogP contribution in [0.1, 0.15) is 44.5 Å². The van der Waals surface area contributed by atoms with Crippen LogP contribution in [0.3, 0.4) is 0 Å². The lowest BCUT2D eigenvalue weighted by molar-refractivity contribution is 1.23. The summed E-state index contributed by atoms with van der Waals surface area (Å²) in [7, 11) is 0. The van der Waals surface area contributed by atoms with Gasteiger partial charge in [0.15, 0.2) is 0 Å². The number of rotatable bonds is 2. The number of nitrogens with zero attached hydrogens (tertiary/aromatic N) is 10. The molecule has 0 unspecified atom stereocenters. The van der Waals surface area contributed by atoms with Gasteiger partial charge >= 0.3 is 0 Å². The Morgan fingerprint density at radius 3 is 1.02 bits per heavy atom. The van der Waals surface area contributed by atoms with Crippen LogP contribution < -0.4 is 10.7 Å². The van der Waals surface area contributed by atoms with E-state index in [0.717, 1.165) is 0 Å². The average molecular weight is 508 g/mol. The van der Waals surface area contributed by atoms with Crippen LogP contribution in [0, 0.1) is 90.6 Å². The lowest BCUT2D eigenvalue weighted by Crippen LogP contribution is -2.16. The highest BCUT2D eigenvalue weighted by molar-refractivity contribution is 5.86. The number of benzene rings is 2. The second-order valence-electron chi connectivity index (χ2n) is 7.97. The topological polar surface area (TPSA) is 216 Å². The molecule has 0 atom stereocenters. The zero-order valence-electron chi connectivity index (χ0n) is 20.1. The van der Waals surface area contributed by atoms with E-state index in [4.69, 9.17) is 0 Å². The van der Waals surface area contributed by atoms with Gasteiger partial charge < -0.3 is 0 Å². The second kappa shape index (κ2) is 10.7. The molecule has 10 heteroatoms. The fourth-order valence-corrected chi connectivity index (χ4v) is 4.08. The Labute approximate surface area is 226 Å². The summed E-state index contributed by atoms with van der Waals surface area (Å²) in [4.78, 5) is 8.93. The molecule has 4 aromatic rings. The van der Waals surface area contributed by atoms with E-state index in [1.54, 1.807) is 0 Å². The molecule has 10 nitrogen and oxygen atoms in total. The maximum atomic E-state index is 9.94. The first-order valence-electron chi connectivity index (χ1n) is 11.1. The van der Waals surface area contributed by atoms with Gasteiger partial charge in [-0.3, -0.25) is 0 Å². The largest absolute Gasteiger partial charge is 0.245 e. The molecule has 0 aliphatic rings. The van der Waals surface area contributed by atoms with Gasteiger partial charge in [-0.05, 0) is 48.5 Å². The quantitative estimate of drug-likeness (QED) is 0.384. The highest BCUT2D eigenvalue weighted by atomic mass is 14.8. The van der Waals surface area contributed by atoms with Crippen molar-refractivity contribution >= 4 is 22.2 Å². The standard InChI is InChI=1S/C30H8N10/c31-9-17-5-19(11-33)29(20(6-17)12-34)23(15-37)25-1-3-27-28(39-25)4-2-26(40-27)24(16-38)30-21(13-35)7-18(10-32)8-22(30)14-36/h1-8H/b25-23-,26-24+. The lowest BCUT2D eigenvalue weighted by Gasteiger charge is -2.07. The van der Waals surface area contributed by atoms with E-state index in [2.05, 4.69) is 9.97 Å². The fraction of sp³-hybridized carbons (Fsp3) is 0. The summed E-state index contributed by atoms with van der Waals surface area (Å²) >= 11 is 0. The molecule has 0 aliphatic carbocycles. The molecule has 2 aromatic carbocycles. The first kappa shape index (κ1) is 25.7. The van der Waals surface area contributed by atoms with Crippen molar-refractivity contribution < 1.29 is 0 Å². The van der Waals surface area contributed by atoms with Crippen molar-refractivity contribution in [2.45, 2.75) is 0 Å². The normalized spacial score (nSPS) is 11.1. The molecule has 0 N–H and O–H groups in total. The molecule has 0 spiro atoms. The SMILES string of the molecule is N#C/C(c1c(C#N)cc(C#N)cc1C#N)=c1/ccc2n/c(=C(/C#N)c3c(C#N)cc(C#N)cc3C#N)ccc2n1. The van der Waals surface area contributed by atoms with Crippen LogP contribution in [0.15, 0.2) is 48.5 Å². The maximum absolute atomic E-state index is 9.94. The monoisotopic (exact) mass is 508 g/mol. The molecule has 2 aromatic heterocycles. The van der Waals surface area contributed by atoms with E-state index in [9.17, 15) is 42.1 Å². The molecule has 0 saturated carbocycles. The van der Waals surface area contributed by atoms with E-state index in [-0.39, 0.29) is 66.4 Å². The Balaban J connectivity index is 2.03. The van der Waals surface area contributed by atoms with Crippen molar-refractivity contribution in [1.82, 2.24) is 9.97 Å². The summed E-state index contributed by atoms with van der Waals surface area (Å²) in [5.74, 6) is 0. The van der Waals surface area contributed by atoms with Gasteiger partial charge in [-0.2, -0.15) is 42.1 Å². The molecule has 0 radical (unpaired) electrons. The Morgan fingerprint density at radius 1 is 0.450 bits per heavy atom. The summed E-state index contributed by atoms with van der Waals surface area (Å²) in [5, 5.41) is 77.1. The number of hydrogen-bond donors (Lipinski definition) is 0. The zero-order valence-corrected chi connectivity index (χ0v) is 20.1. The molecule has 0 saturated heterocycles. The van der Waals surface area contributed by atoms with Gasteiger partial charge in [0.1, 0.15) is 12.1 Å². The molecule has 178 valence electrons. The molecule has 0 fully saturated rings. The van der Waals surface area contributed by atoms with Crippen LogP contribution in [0.25, 0.3) is 22.2 Å². The fourth-order valence-electron chi connectivity index (χ4n) is 4.08. The minimum Gasteiger partial charge on any atom is -0.245 e. The van der Waals surface area contributed by atoms with Crippen molar-refractivity contribution in [3.63, 3.8) is 0 Å². The predicted octanol–water partition coefficient (Wildman–Crippen LogP) is 2.31. The van der Waals surface area contributed by atoms with E-state index in [1.807, 2.05) is 48.6 Å². The summed E-state index contributed by atoms with van der Waals surface area (Å²) < 4.78 is 0. The smallest absolute Gasteiger partial charge is 0.102 e. The number of pyridine rings is 2. The minimum absolute atomic E-state index is 0.0280. The Hall–Kier alpha value is -7.34. The van der Waals surface area contributed by atoms with E-state index in [1.165, 1.54) is 48.5 Å². The molecular formula is C30H8N10. The van der Waals surface area contributed by atoms with Crippen molar-refractivity contribution in [3.05, 3.63) is 104 Å². The van der Waals surface area contributed by atoms with Gasteiger partial charge in [0.2, 0.25) is 0 Å². The van der Waals surface area contributed by atoms with Crippen molar-refractivity contribution in [2.75, 3.05) is 0 Å². The van der Waals surface area contributed by atoms with E-state index >= 15 is 0 Å². The van der Waals surface area contributed by atoms with Crippen LogP contribution in [0.4, 0.5) is 0 Å². The Bertz CT molecular complexity index is 2020. The van der Waals surface area contributed by atoms with Crippen molar-refractivity contribution in [3.8, 4) is 48.6 Å². The predicted molar refractivity (Wildman–Crippen MR) is 136 cm³/mol. The molecule has 0 amide bonds. The first-order valence-corrected chi connectivity index (χ1v) is 11.1. The van der Waals surface area contributed by atoms with Crippen LogP contribution in [0.2, 0.25) is 0 Å². The Morgan fingerprint density at radius 2 is 0.775 bits per heavy atom. The van der Waals surface area contributed by atoms with Crippen LogP contribution in [0.5, 0.6) is 0 Å². The van der Waals surface area contributed by atoms with Crippen LogP contribution in [-0.2, 0) is 0 Å². The summed E-state index contributed by atoms with van der Waals surface area (Å²) in [6.07, 6.45) is 0. The lowest BCUT2D eigenvalue weighted by atomic mass is 9.93. The molecule has 40 heavy (non-hydrogen) atoms. The molecule has 2 heterocycles. The van der Waals surface area contributed by atoms with Crippen LogP contribution >= 0.6 is 0 Å². The molecule has 0 bridgehead atoms. The zero-order chi connectivity index (χ0) is 28.8. The average Bonchev–Trinajstić information content (AvgIpc) is 3.01. The molecular weight excluding hydrogens is 500 g/mol. The first-order chi connectivity index (χ1) is 19.5. The van der Waals surface area contributed by atoms with Gasteiger partial charge in [0.05, 0.1) is 103 Å². The van der Waals surface area contributed by atoms with Crippen molar-refractivity contribution in [2.24, 2.45) is 0 Å². The number of nitriles is 8. The van der Waals surface area contributed by atoms with Crippen molar-refractivity contribution in [1.29, 1.82) is 42.1 Å². The van der Waals surface area contributed by atoms with E-state index in [0.29, 0.717) is 11.0 Å². The van der Waals surface area contributed by atoms with E-state index < -0.39 is 0 Å². The second-order valence-corrected chi connectivity index (χ2v) is 7.97. The van der Waals surface area contributed by atoms with Crippen LogP contribution in [-0.4, -0.2) is 9.97 Å². The highest BCUT2D eigenvalue weighted by Gasteiger charge is 2.18. The third-order valence-electron chi connectivity index (χ3n) is 5.79. The van der Waals surface area contributed by atoms with Gasteiger partial charge in [0, 0.05) is 11.1 Å². The van der Waals surface area contributed by atoms with Gasteiger partial charge in [0.25, 0.3) is 0 Å². The summed E-state index contributed by atoms with van der Waals surface area (Å²) in [6.45, 7) is 0. The summed E-state index contributed by atoms with van der Waals surface area (Å²) in [5.41, 5.74) is 0.723. The molecule has 0 aliphatic heterocycles. The minimum atomic E-state index is -0.0530.